The molecule has 22 heavy (non-hydrogen) atoms. The van der Waals surface area contributed by atoms with Crippen LogP contribution in [0.4, 0.5) is 10.1 Å². The van der Waals surface area contributed by atoms with E-state index in [1.54, 1.807) is 6.07 Å². The van der Waals surface area contributed by atoms with Crippen molar-refractivity contribution in [3.63, 3.8) is 0 Å². The van der Waals surface area contributed by atoms with Crippen molar-refractivity contribution >= 4 is 5.69 Å². The van der Waals surface area contributed by atoms with Gasteiger partial charge in [0.2, 0.25) is 0 Å². The van der Waals surface area contributed by atoms with E-state index in [0.717, 1.165) is 51.1 Å². The van der Waals surface area contributed by atoms with Crippen LogP contribution >= 0.6 is 0 Å². The van der Waals surface area contributed by atoms with Gasteiger partial charge in [0.15, 0.2) is 0 Å². The molecule has 2 fully saturated rings. The number of rotatable bonds is 4. The maximum Gasteiger partial charge on any atom is 0.146 e. The molecule has 0 atom stereocenters. The number of piperidine rings is 1. The fraction of sp³-hybridized carbons (Fsp3) is 0.647. The van der Waals surface area contributed by atoms with E-state index in [9.17, 15) is 9.50 Å². The van der Waals surface area contributed by atoms with Gasteiger partial charge in [-0.25, -0.2) is 4.39 Å². The van der Waals surface area contributed by atoms with Gasteiger partial charge in [0.1, 0.15) is 5.82 Å². The Hall–Kier alpha value is -1.17. The lowest BCUT2D eigenvalue weighted by Gasteiger charge is -2.31. The number of hydrogen-bond acceptors (Lipinski definition) is 4. The summed E-state index contributed by atoms with van der Waals surface area (Å²) in [5, 5.41) is 9.18. The van der Waals surface area contributed by atoms with E-state index in [-0.39, 0.29) is 12.4 Å². The van der Waals surface area contributed by atoms with Crippen molar-refractivity contribution in [2.75, 3.05) is 50.9 Å². The number of aliphatic hydroxyl groups is 1. The monoisotopic (exact) mass is 308 g/mol. The maximum atomic E-state index is 14.4. The first kappa shape index (κ1) is 15.7. The summed E-state index contributed by atoms with van der Waals surface area (Å²) < 4.78 is 19.7. The van der Waals surface area contributed by atoms with E-state index in [4.69, 9.17) is 4.74 Å². The van der Waals surface area contributed by atoms with Gasteiger partial charge in [-0.05, 0) is 49.5 Å². The van der Waals surface area contributed by atoms with E-state index >= 15 is 0 Å². The third-order valence-corrected chi connectivity index (χ3v) is 4.74. The van der Waals surface area contributed by atoms with Gasteiger partial charge < -0.3 is 14.7 Å². The van der Waals surface area contributed by atoms with Crippen molar-refractivity contribution in [2.24, 2.45) is 5.92 Å². The first-order valence-electron chi connectivity index (χ1n) is 8.20. The average Bonchev–Trinajstić information content (AvgIpc) is 2.56. The fourth-order valence-corrected chi connectivity index (χ4v) is 3.29. The molecular formula is C17H25FN2O2. The minimum atomic E-state index is -0.135. The molecule has 1 aromatic rings. The highest BCUT2D eigenvalue weighted by molar-refractivity contribution is 5.49. The molecule has 2 aliphatic heterocycles. The molecule has 122 valence electrons. The van der Waals surface area contributed by atoms with Crippen molar-refractivity contribution < 1.29 is 14.2 Å². The van der Waals surface area contributed by atoms with Gasteiger partial charge in [0, 0.05) is 26.2 Å². The number of anilines is 1. The summed E-state index contributed by atoms with van der Waals surface area (Å²) in [4.78, 5) is 4.39. The third kappa shape index (κ3) is 3.77. The van der Waals surface area contributed by atoms with Crippen LogP contribution in [0.2, 0.25) is 0 Å². The number of benzene rings is 1. The van der Waals surface area contributed by atoms with Crippen molar-refractivity contribution in [3.05, 3.63) is 29.6 Å². The second-order valence-electron chi connectivity index (χ2n) is 6.29. The predicted octanol–water partition coefficient (Wildman–Crippen LogP) is 1.87. The molecule has 3 rings (SSSR count). The van der Waals surface area contributed by atoms with Crippen LogP contribution in [0, 0.1) is 11.7 Å². The minimum Gasteiger partial charge on any atom is -0.396 e. The zero-order valence-electron chi connectivity index (χ0n) is 13.0. The number of morpholine rings is 1. The molecule has 2 saturated heterocycles. The van der Waals surface area contributed by atoms with Gasteiger partial charge >= 0.3 is 0 Å². The normalized spacial score (nSPS) is 21.3. The number of nitrogens with zero attached hydrogens (tertiary/aromatic N) is 2. The Morgan fingerprint density at radius 1 is 1.14 bits per heavy atom. The van der Waals surface area contributed by atoms with Crippen molar-refractivity contribution in [1.82, 2.24) is 4.90 Å². The van der Waals surface area contributed by atoms with E-state index in [2.05, 4.69) is 9.80 Å². The van der Waals surface area contributed by atoms with Gasteiger partial charge in [-0.15, -0.1) is 0 Å². The van der Waals surface area contributed by atoms with Crippen LogP contribution in [0.1, 0.15) is 18.4 Å². The summed E-state index contributed by atoms with van der Waals surface area (Å²) in [5.74, 6) is 0.307. The van der Waals surface area contributed by atoms with Crippen molar-refractivity contribution in [1.29, 1.82) is 0 Å². The molecule has 1 N–H and O–H groups in total. The summed E-state index contributed by atoms with van der Waals surface area (Å²) >= 11 is 0. The van der Waals surface area contributed by atoms with Crippen molar-refractivity contribution in [2.45, 2.75) is 19.4 Å². The number of halogens is 1. The van der Waals surface area contributed by atoms with Crippen LogP contribution < -0.4 is 4.90 Å². The highest BCUT2D eigenvalue weighted by Crippen LogP contribution is 2.23. The first-order valence-corrected chi connectivity index (χ1v) is 8.20. The molecule has 2 heterocycles. The third-order valence-electron chi connectivity index (χ3n) is 4.74. The molecule has 2 aliphatic rings. The molecule has 0 aliphatic carbocycles. The van der Waals surface area contributed by atoms with Crippen LogP contribution in [0.5, 0.6) is 0 Å². The van der Waals surface area contributed by atoms with Crippen LogP contribution in [-0.4, -0.2) is 56.0 Å². The Labute approximate surface area is 131 Å². The average molecular weight is 308 g/mol. The molecule has 0 radical (unpaired) electrons. The molecule has 0 bridgehead atoms. The lowest BCUT2D eigenvalue weighted by atomic mass is 9.97. The topological polar surface area (TPSA) is 35.9 Å². The first-order chi connectivity index (χ1) is 10.8. The van der Waals surface area contributed by atoms with Crippen LogP contribution in [0.25, 0.3) is 0 Å². The molecule has 0 spiro atoms. The van der Waals surface area contributed by atoms with Gasteiger partial charge in [-0.3, -0.25) is 4.90 Å². The Bertz CT molecular complexity index is 484. The molecule has 4 nitrogen and oxygen atoms in total. The van der Waals surface area contributed by atoms with Gasteiger partial charge in [-0.2, -0.15) is 0 Å². The second-order valence-corrected chi connectivity index (χ2v) is 6.29. The summed E-state index contributed by atoms with van der Waals surface area (Å²) in [5.41, 5.74) is 1.71. The van der Waals surface area contributed by atoms with Gasteiger partial charge in [0.05, 0.1) is 18.9 Å². The molecule has 1 aromatic carbocycles. The number of aliphatic hydroxyl groups excluding tert-OH is 1. The number of likely N-dealkylation sites (tertiary alicyclic amines) is 1. The lowest BCUT2D eigenvalue weighted by molar-refractivity contribution is 0.122. The van der Waals surface area contributed by atoms with E-state index in [1.807, 2.05) is 12.1 Å². The Morgan fingerprint density at radius 3 is 2.50 bits per heavy atom. The lowest BCUT2D eigenvalue weighted by Crippen LogP contribution is -2.37. The zero-order valence-corrected chi connectivity index (χ0v) is 13.0. The smallest absolute Gasteiger partial charge is 0.146 e. The fourth-order valence-electron chi connectivity index (χ4n) is 3.29. The van der Waals surface area contributed by atoms with Crippen LogP contribution in [-0.2, 0) is 11.3 Å². The van der Waals surface area contributed by atoms with Crippen molar-refractivity contribution in [3.8, 4) is 0 Å². The number of hydrogen-bond donors (Lipinski definition) is 1. The van der Waals surface area contributed by atoms with E-state index in [0.29, 0.717) is 24.8 Å². The summed E-state index contributed by atoms with van der Waals surface area (Å²) in [7, 11) is 0. The largest absolute Gasteiger partial charge is 0.396 e. The molecule has 5 heteroatoms. The van der Waals surface area contributed by atoms with Crippen LogP contribution in [0.15, 0.2) is 18.2 Å². The maximum absolute atomic E-state index is 14.4. The molecule has 0 saturated carbocycles. The summed E-state index contributed by atoms with van der Waals surface area (Å²) in [6, 6.07) is 5.60. The Balaban J connectivity index is 1.60. The minimum absolute atomic E-state index is 0.135. The van der Waals surface area contributed by atoms with E-state index < -0.39 is 0 Å². The van der Waals surface area contributed by atoms with Gasteiger partial charge in [0.25, 0.3) is 0 Å². The number of ether oxygens (including phenoxy) is 1. The molecule has 0 amide bonds. The highest BCUT2D eigenvalue weighted by Gasteiger charge is 2.19. The highest BCUT2D eigenvalue weighted by atomic mass is 19.1. The summed E-state index contributed by atoms with van der Waals surface area (Å²) in [6.07, 6.45) is 2.07. The molecular weight excluding hydrogens is 283 g/mol. The Kier molecular flexibility index (Phi) is 5.28. The zero-order chi connectivity index (χ0) is 15.4. The van der Waals surface area contributed by atoms with E-state index in [1.165, 1.54) is 0 Å². The SMILES string of the molecule is OCC1CCN(Cc2ccc(N3CCOCC3)c(F)c2)CC1. The predicted molar refractivity (Wildman–Crippen MR) is 84.5 cm³/mol. The summed E-state index contributed by atoms with van der Waals surface area (Å²) in [6.45, 7) is 5.89. The second kappa shape index (κ2) is 7.40. The standard InChI is InChI=1S/C17H25FN2O2/c18-16-11-15(12-19-5-3-14(13-21)4-6-19)1-2-17(16)20-7-9-22-10-8-20/h1-2,11,14,21H,3-10,12-13H2. The Morgan fingerprint density at radius 2 is 1.86 bits per heavy atom. The molecule has 0 aromatic heterocycles. The molecule has 0 unspecified atom stereocenters. The quantitative estimate of drug-likeness (QED) is 0.921. The van der Waals surface area contributed by atoms with Gasteiger partial charge in [-0.1, -0.05) is 6.07 Å². The van der Waals surface area contributed by atoms with Crippen LogP contribution in [0.3, 0.4) is 0 Å².